The van der Waals surface area contributed by atoms with Crippen LogP contribution in [0.3, 0.4) is 0 Å². The highest BCUT2D eigenvalue weighted by Gasteiger charge is 2.13. The van der Waals surface area contributed by atoms with Crippen LogP contribution in [0.15, 0.2) is 34.9 Å². The number of rotatable bonds is 3. The van der Waals surface area contributed by atoms with Crippen LogP contribution >= 0.6 is 15.9 Å². The van der Waals surface area contributed by atoms with Crippen molar-refractivity contribution >= 4 is 33.4 Å². The Kier molecular flexibility index (Phi) is 4.25. The number of nitrogens with two attached hydrogens (primary N) is 1. The number of benzene rings is 1. The van der Waals surface area contributed by atoms with Gasteiger partial charge in [-0.2, -0.15) is 4.98 Å². The summed E-state index contributed by atoms with van der Waals surface area (Å²) in [7, 11) is 0. The first-order chi connectivity index (χ1) is 9.40. The summed E-state index contributed by atoms with van der Waals surface area (Å²) < 4.78 is 0.774. The molecule has 0 unspecified atom stereocenters. The fourth-order valence-electron chi connectivity index (χ4n) is 1.71. The van der Waals surface area contributed by atoms with E-state index in [0.717, 1.165) is 10.2 Å². The van der Waals surface area contributed by atoms with E-state index in [1.54, 1.807) is 6.20 Å². The summed E-state index contributed by atoms with van der Waals surface area (Å²) in [6, 6.07) is 8.29. The summed E-state index contributed by atoms with van der Waals surface area (Å²) in [6.45, 7) is 6.57. The predicted octanol–water partition coefficient (Wildman–Crippen LogP) is 3.57. The Morgan fingerprint density at radius 3 is 2.35 bits per heavy atom. The molecule has 0 amide bonds. The van der Waals surface area contributed by atoms with E-state index in [1.807, 2.05) is 12.1 Å². The smallest absolute Gasteiger partial charge is 0.239 e. The fraction of sp³-hybridized carbons (Fsp3) is 0.286. The summed E-state index contributed by atoms with van der Waals surface area (Å²) in [6.07, 6.45) is 1.65. The number of anilines is 3. The molecule has 2 rings (SSSR count). The van der Waals surface area contributed by atoms with Gasteiger partial charge in [-0.3, -0.25) is 5.43 Å². The maximum absolute atomic E-state index is 5.31. The first-order valence-electron chi connectivity index (χ1n) is 6.27. The van der Waals surface area contributed by atoms with E-state index >= 15 is 0 Å². The van der Waals surface area contributed by atoms with Crippen LogP contribution in [0.4, 0.5) is 17.5 Å². The SMILES string of the molecule is CC(C)(C)c1ccc(Nc2nc(NN)ncc2Br)cc1. The highest BCUT2D eigenvalue weighted by atomic mass is 79.9. The zero-order valence-corrected chi connectivity index (χ0v) is 13.3. The van der Waals surface area contributed by atoms with Gasteiger partial charge in [0.1, 0.15) is 5.82 Å². The molecule has 1 heterocycles. The molecule has 5 nitrogen and oxygen atoms in total. The van der Waals surface area contributed by atoms with Crippen molar-refractivity contribution in [2.24, 2.45) is 5.84 Å². The maximum Gasteiger partial charge on any atom is 0.239 e. The van der Waals surface area contributed by atoms with E-state index in [2.05, 4.69) is 69.5 Å². The largest absolute Gasteiger partial charge is 0.339 e. The van der Waals surface area contributed by atoms with Crippen LogP contribution in [0, 0.1) is 0 Å². The van der Waals surface area contributed by atoms with Gasteiger partial charge in [-0.1, -0.05) is 32.9 Å². The highest BCUT2D eigenvalue weighted by Crippen LogP contribution is 2.27. The number of nitrogen functional groups attached to an aromatic ring is 1. The van der Waals surface area contributed by atoms with Gasteiger partial charge in [0.2, 0.25) is 5.95 Å². The van der Waals surface area contributed by atoms with Crippen molar-refractivity contribution in [1.82, 2.24) is 9.97 Å². The summed E-state index contributed by atoms with van der Waals surface area (Å²) in [5.74, 6) is 6.34. The molecule has 2 aromatic rings. The Labute approximate surface area is 127 Å². The van der Waals surface area contributed by atoms with Crippen molar-refractivity contribution in [3.63, 3.8) is 0 Å². The van der Waals surface area contributed by atoms with E-state index < -0.39 is 0 Å². The number of halogens is 1. The van der Waals surface area contributed by atoms with Crippen molar-refractivity contribution in [2.75, 3.05) is 10.7 Å². The van der Waals surface area contributed by atoms with Crippen LogP contribution in [-0.2, 0) is 5.41 Å². The molecule has 1 aromatic carbocycles. The molecule has 0 spiro atoms. The zero-order chi connectivity index (χ0) is 14.8. The molecule has 0 radical (unpaired) electrons. The van der Waals surface area contributed by atoms with Crippen LogP contribution in [0.2, 0.25) is 0 Å². The molecule has 0 saturated heterocycles. The number of hydrogen-bond acceptors (Lipinski definition) is 5. The molecule has 106 valence electrons. The molecule has 0 aliphatic carbocycles. The van der Waals surface area contributed by atoms with Gasteiger partial charge in [-0.25, -0.2) is 10.8 Å². The lowest BCUT2D eigenvalue weighted by Gasteiger charge is -2.19. The Morgan fingerprint density at radius 1 is 1.15 bits per heavy atom. The Morgan fingerprint density at radius 2 is 1.80 bits per heavy atom. The number of nitrogens with one attached hydrogen (secondary N) is 2. The normalized spacial score (nSPS) is 11.2. The van der Waals surface area contributed by atoms with Crippen molar-refractivity contribution in [3.8, 4) is 0 Å². The summed E-state index contributed by atoms with van der Waals surface area (Å²) >= 11 is 3.41. The van der Waals surface area contributed by atoms with Gasteiger partial charge in [0, 0.05) is 11.9 Å². The van der Waals surface area contributed by atoms with E-state index in [-0.39, 0.29) is 5.41 Å². The number of aromatic nitrogens is 2. The van der Waals surface area contributed by atoms with E-state index in [0.29, 0.717) is 11.8 Å². The molecule has 0 aliphatic rings. The van der Waals surface area contributed by atoms with E-state index in [1.165, 1.54) is 5.56 Å². The second kappa shape index (κ2) is 5.76. The molecule has 1 aromatic heterocycles. The minimum atomic E-state index is 0.144. The Balaban J connectivity index is 2.22. The van der Waals surface area contributed by atoms with Gasteiger partial charge in [0.05, 0.1) is 4.47 Å². The van der Waals surface area contributed by atoms with Gasteiger partial charge in [-0.05, 0) is 39.0 Å². The highest BCUT2D eigenvalue weighted by molar-refractivity contribution is 9.10. The second-order valence-electron chi connectivity index (χ2n) is 5.49. The van der Waals surface area contributed by atoms with Gasteiger partial charge < -0.3 is 5.32 Å². The third kappa shape index (κ3) is 3.46. The van der Waals surface area contributed by atoms with Gasteiger partial charge in [0.25, 0.3) is 0 Å². The summed E-state index contributed by atoms with van der Waals surface area (Å²) in [5.41, 5.74) is 4.81. The first-order valence-corrected chi connectivity index (χ1v) is 7.06. The second-order valence-corrected chi connectivity index (χ2v) is 6.34. The average molecular weight is 336 g/mol. The van der Waals surface area contributed by atoms with Crippen molar-refractivity contribution in [3.05, 3.63) is 40.5 Å². The lowest BCUT2D eigenvalue weighted by molar-refractivity contribution is 0.590. The minimum Gasteiger partial charge on any atom is -0.339 e. The molecule has 0 bridgehead atoms. The third-order valence-corrected chi connectivity index (χ3v) is 3.47. The van der Waals surface area contributed by atoms with Gasteiger partial charge in [0.15, 0.2) is 0 Å². The number of nitrogens with zero attached hydrogens (tertiary/aromatic N) is 2. The van der Waals surface area contributed by atoms with E-state index in [4.69, 9.17) is 5.84 Å². The van der Waals surface area contributed by atoms with Gasteiger partial charge >= 0.3 is 0 Å². The molecular formula is C14H18BrN5. The zero-order valence-electron chi connectivity index (χ0n) is 11.7. The van der Waals surface area contributed by atoms with Crippen LogP contribution in [-0.4, -0.2) is 9.97 Å². The summed E-state index contributed by atoms with van der Waals surface area (Å²) in [5, 5.41) is 3.23. The van der Waals surface area contributed by atoms with E-state index in [9.17, 15) is 0 Å². The quantitative estimate of drug-likeness (QED) is 0.590. The lowest BCUT2D eigenvalue weighted by atomic mass is 9.87. The third-order valence-electron chi connectivity index (χ3n) is 2.89. The van der Waals surface area contributed by atoms with Crippen LogP contribution in [0.25, 0.3) is 0 Å². The van der Waals surface area contributed by atoms with Crippen LogP contribution < -0.4 is 16.6 Å². The first kappa shape index (κ1) is 14.7. The van der Waals surface area contributed by atoms with Crippen molar-refractivity contribution < 1.29 is 0 Å². The van der Waals surface area contributed by atoms with Crippen LogP contribution in [0.1, 0.15) is 26.3 Å². The molecule has 20 heavy (non-hydrogen) atoms. The van der Waals surface area contributed by atoms with Gasteiger partial charge in [-0.15, -0.1) is 0 Å². The molecule has 0 fully saturated rings. The summed E-state index contributed by atoms with van der Waals surface area (Å²) in [4.78, 5) is 8.26. The monoisotopic (exact) mass is 335 g/mol. The van der Waals surface area contributed by atoms with Crippen LogP contribution in [0.5, 0.6) is 0 Å². The fourth-order valence-corrected chi connectivity index (χ4v) is 2.00. The Hall–Kier alpha value is -1.66. The predicted molar refractivity (Wildman–Crippen MR) is 86.0 cm³/mol. The average Bonchev–Trinajstić information content (AvgIpc) is 2.41. The molecule has 0 aliphatic heterocycles. The lowest BCUT2D eigenvalue weighted by Crippen LogP contribution is -2.12. The molecule has 4 N–H and O–H groups in total. The van der Waals surface area contributed by atoms with Crippen molar-refractivity contribution in [1.29, 1.82) is 0 Å². The minimum absolute atomic E-state index is 0.144. The molecular weight excluding hydrogens is 318 g/mol. The van der Waals surface area contributed by atoms with Crippen molar-refractivity contribution in [2.45, 2.75) is 26.2 Å². The number of hydrogen-bond donors (Lipinski definition) is 3. The standard InChI is InChI=1S/C14H18BrN5/c1-14(2,3)9-4-6-10(7-5-9)18-12-11(15)8-17-13(19-12)20-16/h4-8H,16H2,1-3H3,(H2,17,18,19,20). The Bertz CT molecular complexity index is 590. The molecule has 0 saturated carbocycles. The topological polar surface area (TPSA) is 75.9 Å². The molecule has 6 heteroatoms. The molecule has 0 atom stereocenters. The number of hydrazine groups is 1. The maximum atomic E-state index is 5.31.